The van der Waals surface area contributed by atoms with Gasteiger partial charge in [-0.2, -0.15) is 0 Å². The Hall–Kier alpha value is -1.07. The van der Waals surface area contributed by atoms with Crippen LogP contribution in [0.15, 0.2) is 24.3 Å². The van der Waals surface area contributed by atoms with E-state index in [4.69, 9.17) is 11.6 Å². The molecule has 1 aliphatic rings. The number of piperidine rings is 1. The maximum absolute atomic E-state index is 12.1. The highest BCUT2D eigenvalue weighted by Crippen LogP contribution is 2.18. The summed E-state index contributed by atoms with van der Waals surface area (Å²) in [5, 5.41) is 0.418. The minimum atomic E-state index is -3.48. The van der Waals surface area contributed by atoms with Crippen molar-refractivity contribution in [1.29, 1.82) is 0 Å². The lowest BCUT2D eigenvalue weighted by atomic mass is 10.1. The lowest BCUT2D eigenvalue weighted by Gasteiger charge is -2.26. The second-order valence-electron chi connectivity index (χ2n) is 5.07. The van der Waals surface area contributed by atoms with Crippen LogP contribution in [0.25, 0.3) is 0 Å². The maximum atomic E-state index is 12.1. The van der Waals surface area contributed by atoms with Gasteiger partial charge in [-0.25, -0.2) is 8.42 Å². The molecule has 0 radical (unpaired) electrons. The highest BCUT2D eigenvalue weighted by molar-refractivity contribution is 7.91. The molecule has 0 bridgehead atoms. The number of carbonyl (C=O) groups excluding carboxylic acids is 1. The third-order valence-corrected chi connectivity index (χ3v) is 5.19. The summed E-state index contributed by atoms with van der Waals surface area (Å²) in [7, 11) is -3.48. The van der Waals surface area contributed by atoms with Crippen LogP contribution >= 0.6 is 11.6 Å². The van der Waals surface area contributed by atoms with E-state index in [2.05, 4.69) is 0 Å². The molecule has 4 nitrogen and oxygen atoms in total. The summed E-state index contributed by atoms with van der Waals surface area (Å²) in [6.07, 6.45) is 3.02. The van der Waals surface area contributed by atoms with Crippen molar-refractivity contribution in [3.63, 3.8) is 0 Å². The number of carbonyl (C=O) groups is 1. The fourth-order valence-electron chi connectivity index (χ4n) is 2.33. The van der Waals surface area contributed by atoms with Crippen molar-refractivity contribution in [2.24, 2.45) is 0 Å². The molecule has 0 saturated carbocycles. The minimum absolute atomic E-state index is 0.188. The number of hydrogen-bond donors (Lipinski definition) is 0. The molecule has 0 N–H and O–H groups in total. The molecule has 1 saturated heterocycles. The van der Waals surface area contributed by atoms with Gasteiger partial charge in [-0.3, -0.25) is 4.79 Å². The van der Waals surface area contributed by atoms with Crippen LogP contribution in [0.2, 0.25) is 5.02 Å². The number of amides is 1. The highest BCUT2D eigenvalue weighted by Gasteiger charge is 2.23. The maximum Gasteiger partial charge on any atom is 0.237 e. The predicted octanol–water partition coefficient (Wildman–Crippen LogP) is 2.27. The van der Waals surface area contributed by atoms with E-state index in [9.17, 15) is 13.2 Å². The second-order valence-corrected chi connectivity index (χ2v) is 7.54. The third-order valence-electron chi connectivity index (χ3n) is 3.39. The molecule has 1 aromatic carbocycles. The Morgan fingerprint density at radius 1 is 1.15 bits per heavy atom. The first-order valence-corrected chi connectivity index (χ1v) is 8.89. The van der Waals surface area contributed by atoms with E-state index in [0.717, 1.165) is 19.3 Å². The van der Waals surface area contributed by atoms with Crippen LogP contribution in [-0.2, 0) is 20.4 Å². The van der Waals surface area contributed by atoms with Crippen LogP contribution in [0.1, 0.15) is 24.8 Å². The first-order chi connectivity index (χ1) is 9.48. The van der Waals surface area contributed by atoms with Crippen LogP contribution in [0.4, 0.5) is 0 Å². The van der Waals surface area contributed by atoms with Gasteiger partial charge in [-0.15, -0.1) is 0 Å². The number of nitrogens with zero attached hydrogens (tertiary/aromatic N) is 1. The Morgan fingerprint density at radius 3 is 2.45 bits per heavy atom. The molecule has 110 valence electrons. The predicted molar refractivity (Wildman–Crippen MR) is 79.4 cm³/mol. The van der Waals surface area contributed by atoms with Crippen molar-refractivity contribution in [2.45, 2.75) is 25.0 Å². The summed E-state index contributed by atoms with van der Waals surface area (Å²) in [6, 6.07) is 6.81. The molecule has 1 aromatic rings. The zero-order valence-electron chi connectivity index (χ0n) is 11.2. The Labute approximate surface area is 124 Å². The lowest BCUT2D eigenvalue weighted by Crippen LogP contribution is -2.39. The second kappa shape index (κ2) is 6.59. The van der Waals surface area contributed by atoms with Crippen molar-refractivity contribution >= 4 is 27.3 Å². The Kier molecular flexibility index (Phi) is 5.05. The van der Waals surface area contributed by atoms with Gasteiger partial charge in [0, 0.05) is 18.1 Å². The van der Waals surface area contributed by atoms with E-state index in [1.165, 1.54) is 0 Å². The number of likely N-dealkylation sites (tertiary alicyclic amines) is 1. The zero-order chi connectivity index (χ0) is 14.6. The fraction of sp³-hybridized carbons (Fsp3) is 0.500. The van der Waals surface area contributed by atoms with Gasteiger partial charge in [-0.05, 0) is 30.9 Å². The molecular formula is C14H18ClNO3S. The Morgan fingerprint density at radius 2 is 1.80 bits per heavy atom. The smallest absolute Gasteiger partial charge is 0.237 e. The summed E-state index contributed by atoms with van der Waals surface area (Å²) in [5.41, 5.74) is 0.542. The van der Waals surface area contributed by atoms with Crippen LogP contribution in [-0.4, -0.2) is 38.1 Å². The minimum Gasteiger partial charge on any atom is -0.342 e. The molecular weight excluding hydrogens is 298 g/mol. The third kappa shape index (κ3) is 4.21. The van der Waals surface area contributed by atoms with E-state index < -0.39 is 15.6 Å². The summed E-state index contributed by atoms with van der Waals surface area (Å²) in [5.74, 6) is -0.915. The molecule has 0 aliphatic carbocycles. The van der Waals surface area contributed by atoms with Crippen molar-refractivity contribution in [3.8, 4) is 0 Å². The molecule has 1 aliphatic heterocycles. The number of rotatable bonds is 4. The van der Waals surface area contributed by atoms with Gasteiger partial charge in [0.25, 0.3) is 0 Å². The quantitative estimate of drug-likeness (QED) is 0.856. The normalized spacial score (nSPS) is 16.1. The molecule has 6 heteroatoms. The van der Waals surface area contributed by atoms with E-state index in [-0.39, 0.29) is 11.7 Å². The summed E-state index contributed by atoms with van der Waals surface area (Å²) >= 11 is 5.96. The van der Waals surface area contributed by atoms with Crippen molar-refractivity contribution < 1.29 is 13.2 Å². The largest absolute Gasteiger partial charge is 0.342 e. The highest BCUT2D eigenvalue weighted by atomic mass is 35.5. The van der Waals surface area contributed by atoms with E-state index in [1.807, 2.05) is 0 Å². The average molecular weight is 316 g/mol. The van der Waals surface area contributed by atoms with Gasteiger partial charge < -0.3 is 4.90 Å². The molecule has 0 unspecified atom stereocenters. The molecule has 20 heavy (non-hydrogen) atoms. The first-order valence-electron chi connectivity index (χ1n) is 6.69. The molecule has 1 fully saturated rings. The van der Waals surface area contributed by atoms with Gasteiger partial charge in [0.2, 0.25) is 5.91 Å². The van der Waals surface area contributed by atoms with Crippen LogP contribution in [0.3, 0.4) is 0 Å². The summed E-state index contributed by atoms with van der Waals surface area (Å²) < 4.78 is 24.2. The van der Waals surface area contributed by atoms with Gasteiger partial charge in [0.15, 0.2) is 9.84 Å². The molecule has 1 amide bonds. The van der Waals surface area contributed by atoms with Crippen LogP contribution in [0.5, 0.6) is 0 Å². The number of halogens is 1. The van der Waals surface area contributed by atoms with Crippen LogP contribution in [0, 0.1) is 0 Å². The lowest BCUT2D eigenvalue weighted by molar-refractivity contribution is -0.129. The topological polar surface area (TPSA) is 54.5 Å². The van der Waals surface area contributed by atoms with Crippen LogP contribution < -0.4 is 0 Å². The molecule has 0 aromatic heterocycles. The van der Waals surface area contributed by atoms with Crippen molar-refractivity contribution in [2.75, 3.05) is 18.8 Å². The van der Waals surface area contributed by atoms with Gasteiger partial charge in [0.1, 0.15) is 5.75 Å². The Bertz CT molecular complexity index is 580. The summed E-state index contributed by atoms with van der Waals surface area (Å²) in [4.78, 5) is 13.6. The van der Waals surface area contributed by atoms with Gasteiger partial charge in [-0.1, -0.05) is 29.8 Å². The van der Waals surface area contributed by atoms with E-state index >= 15 is 0 Å². The van der Waals surface area contributed by atoms with E-state index in [0.29, 0.717) is 23.7 Å². The number of benzene rings is 1. The first kappa shape index (κ1) is 15.3. The molecule has 0 atom stereocenters. The molecule has 0 spiro atoms. The van der Waals surface area contributed by atoms with Crippen molar-refractivity contribution in [3.05, 3.63) is 34.9 Å². The number of sulfone groups is 1. The monoisotopic (exact) mass is 315 g/mol. The Balaban J connectivity index is 2.00. The zero-order valence-corrected chi connectivity index (χ0v) is 12.8. The molecule has 1 heterocycles. The standard InChI is InChI=1S/C14H18ClNO3S/c15-13-7-3-2-6-12(13)10-20(18,19)11-14(17)16-8-4-1-5-9-16/h2-3,6-7H,1,4-5,8-11H2. The average Bonchev–Trinajstić information content (AvgIpc) is 2.41. The summed E-state index contributed by atoms with van der Waals surface area (Å²) in [6.45, 7) is 1.33. The van der Waals surface area contributed by atoms with Crippen molar-refractivity contribution in [1.82, 2.24) is 4.90 Å². The van der Waals surface area contributed by atoms with Gasteiger partial charge >= 0.3 is 0 Å². The number of hydrogen-bond acceptors (Lipinski definition) is 3. The van der Waals surface area contributed by atoms with E-state index in [1.54, 1.807) is 29.2 Å². The SMILES string of the molecule is O=C(CS(=O)(=O)Cc1ccccc1Cl)N1CCCCC1. The van der Waals surface area contributed by atoms with Gasteiger partial charge in [0.05, 0.1) is 5.75 Å². The molecule has 2 rings (SSSR count). The fourth-order valence-corrected chi connectivity index (χ4v) is 3.99.